The molecule has 3 aromatic rings. The van der Waals surface area contributed by atoms with E-state index in [9.17, 15) is 0 Å². The maximum absolute atomic E-state index is 6.97. The molecular weight excluding hydrogens is 292 g/mol. The molecule has 2 aromatic carbocycles. The molecule has 0 aliphatic heterocycles. The molecule has 0 spiro atoms. The largest absolute Gasteiger partial charge is 0.436 e. The Morgan fingerprint density at radius 3 is 2.61 bits per heavy atom. The number of oxazole rings is 1. The van der Waals surface area contributed by atoms with Gasteiger partial charge in [0.2, 0.25) is 5.89 Å². The Morgan fingerprint density at radius 1 is 1.11 bits per heavy atom. The zero-order chi connectivity index (χ0) is 12.5. The molecule has 0 radical (unpaired) electrons. The lowest BCUT2D eigenvalue weighted by Crippen LogP contribution is -1.75. The smallest absolute Gasteiger partial charge is 0.227 e. The van der Waals surface area contributed by atoms with E-state index >= 15 is 0 Å². The third kappa shape index (κ3) is 1.89. The first-order chi connectivity index (χ1) is 8.76. The van der Waals surface area contributed by atoms with Crippen LogP contribution in [0.5, 0.6) is 0 Å². The number of rotatable bonds is 1. The minimum atomic E-state index is 0.568. The fourth-order valence-corrected chi connectivity index (χ4v) is 1.97. The van der Waals surface area contributed by atoms with Crippen molar-refractivity contribution in [2.45, 2.75) is 0 Å². The van der Waals surface area contributed by atoms with Gasteiger partial charge in [0.05, 0.1) is 12.1 Å². The molecule has 1 heterocycles. The third-order valence-corrected chi connectivity index (χ3v) is 3.12. The minimum Gasteiger partial charge on any atom is -0.436 e. The number of aromatic nitrogens is 1. The van der Waals surface area contributed by atoms with Gasteiger partial charge < -0.3 is 4.42 Å². The minimum absolute atomic E-state index is 0.568. The molecule has 0 aliphatic carbocycles. The number of hydrogen-bond acceptors (Lipinski definition) is 2. The maximum Gasteiger partial charge on any atom is 0.227 e. The lowest BCUT2D eigenvalue weighted by molar-refractivity contribution is 0.620. The second-order valence-corrected chi connectivity index (χ2v) is 4.71. The fraction of sp³-hybridized carbons (Fsp3) is 0. The molecule has 0 unspecified atom stereocenters. The fourth-order valence-electron chi connectivity index (χ4n) is 1.70. The summed E-state index contributed by atoms with van der Waals surface area (Å²) < 4.78 is 6.68. The van der Waals surface area contributed by atoms with Gasteiger partial charge in [0.1, 0.15) is 0 Å². The monoisotopic (exact) mass is 298 g/mol. The first-order valence-electron chi connectivity index (χ1n) is 5.30. The highest BCUT2D eigenvalue weighted by atomic mass is 79.9. The summed E-state index contributed by atoms with van der Waals surface area (Å²) in [7, 11) is 0. The predicted molar refractivity (Wildman–Crippen MR) is 73.4 cm³/mol. The van der Waals surface area contributed by atoms with Crippen LogP contribution in [0.1, 0.15) is 0 Å². The van der Waals surface area contributed by atoms with Gasteiger partial charge in [0.15, 0.2) is 11.3 Å². The van der Waals surface area contributed by atoms with E-state index in [0.717, 1.165) is 10.0 Å². The van der Waals surface area contributed by atoms with Crippen LogP contribution in [0.25, 0.3) is 27.4 Å². The average Bonchev–Trinajstić information content (AvgIpc) is 2.82. The van der Waals surface area contributed by atoms with Crippen LogP contribution in [-0.4, -0.2) is 4.98 Å². The highest BCUT2D eigenvalue weighted by molar-refractivity contribution is 9.10. The zero-order valence-electron chi connectivity index (χ0n) is 9.22. The zero-order valence-corrected chi connectivity index (χ0v) is 10.8. The van der Waals surface area contributed by atoms with Gasteiger partial charge in [-0.1, -0.05) is 22.0 Å². The summed E-state index contributed by atoms with van der Waals surface area (Å²) in [6.07, 6.45) is 0. The first kappa shape index (κ1) is 11.0. The predicted octanol–water partition coefficient (Wildman–Crippen LogP) is 4.81. The van der Waals surface area contributed by atoms with E-state index in [2.05, 4.69) is 25.8 Å². The molecule has 0 fully saturated rings. The van der Waals surface area contributed by atoms with Crippen molar-refractivity contribution >= 4 is 32.7 Å². The van der Waals surface area contributed by atoms with Crippen molar-refractivity contribution in [3.63, 3.8) is 0 Å². The number of fused-ring (bicyclic) bond motifs is 1. The normalized spacial score (nSPS) is 10.4. The summed E-state index contributed by atoms with van der Waals surface area (Å²) >= 11 is 3.39. The summed E-state index contributed by atoms with van der Waals surface area (Å²) in [6, 6.07) is 13.0. The standard InChI is InChI=1S/C14H7BrN2O/c1-16-11-6-7-13-12(8-11)17-14(18-13)9-2-4-10(15)5-3-9/h2-8H. The first-order valence-corrected chi connectivity index (χ1v) is 6.09. The molecule has 0 saturated heterocycles. The SMILES string of the molecule is [C-]#[N+]c1ccc2oc(-c3ccc(Br)cc3)nc2c1. The van der Waals surface area contributed by atoms with Crippen LogP contribution in [-0.2, 0) is 0 Å². The van der Waals surface area contributed by atoms with Crippen LogP contribution in [0.2, 0.25) is 0 Å². The molecule has 18 heavy (non-hydrogen) atoms. The highest BCUT2D eigenvalue weighted by Gasteiger charge is 2.08. The molecule has 0 bridgehead atoms. The van der Waals surface area contributed by atoms with Crippen molar-refractivity contribution in [2.75, 3.05) is 0 Å². The molecular formula is C14H7BrN2O. The molecule has 0 amide bonds. The molecule has 3 nitrogen and oxygen atoms in total. The van der Waals surface area contributed by atoms with E-state index < -0.39 is 0 Å². The van der Waals surface area contributed by atoms with Gasteiger partial charge in [-0.25, -0.2) is 9.83 Å². The number of halogens is 1. The quantitative estimate of drug-likeness (QED) is 0.604. The number of hydrogen-bond donors (Lipinski definition) is 0. The highest BCUT2D eigenvalue weighted by Crippen LogP contribution is 2.27. The summed E-state index contributed by atoms with van der Waals surface area (Å²) in [5, 5.41) is 0. The molecule has 86 valence electrons. The second kappa shape index (κ2) is 4.28. The lowest BCUT2D eigenvalue weighted by Gasteiger charge is -1.94. The van der Waals surface area contributed by atoms with Gasteiger partial charge in [-0.15, -0.1) is 0 Å². The summed E-state index contributed by atoms with van der Waals surface area (Å²) in [5.41, 5.74) is 2.89. The van der Waals surface area contributed by atoms with Crippen molar-refractivity contribution in [1.82, 2.24) is 4.98 Å². The Kier molecular flexibility index (Phi) is 2.62. The molecule has 0 atom stereocenters. The second-order valence-electron chi connectivity index (χ2n) is 3.79. The van der Waals surface area contributed by atoms with E-state index in [4.69, 9.17) is 11.0 Å². The van der Waals surface area contributed by atoms with E-state index in [1.807, 2.05) is 24.3 Å². The summed E-state index contributed by atoms with van der Waals surface area (Å²) in [5.74, 6) is 0.569. The van der Waals surface area contributed by atoms with Crippen molar-refractivity contribution in [3.05, 3.63) is 58.4 Å². The Labute approximate surface area is 112 Å². The molecule has 4 heteroatoms. The molecule has 0 N–H and O–H groups in total. The van der Waals surface area contributed by atoms with Gasteiger partial charge in [0.25, 0.3) is 0 Å². The Morgan fingerprint density at radius 2 is 1.89 bits per heavy atom. The van der Waals surface area contributed by atoms with E-state index in [0.29, 0.717) is 22.7 Å². The van der Waals surface area contributed by atoms with Crippen molar-refractivity contribution in [2.24, 2.45) is 0 Å². The van der Waals surface area contributed by atoms with Crippen molar-refractivity contribution in [1.29, 1.82) is 0 Å². The third-order valence-electron chi connectivity index (χ3n) is 2.59. The van der Waals surface area contributed by atoms with Crippen molar-refractivity contribution in [3.8, 4) is 11.5 Å². The van der Waals surface area contributed by atoms with Crippen molar-refractivity contribution < 1.29 is 4.42 Å². The molecule has 0 aliphatic rings. The summed E-state index contributed by atoms with van der Waals surface area (Å²) in [4.78, 5) is 7.77. The molecule has 3 rings (SSSR count). The van der Waals surface area contributed by atoms with E-state index in [-0.39, 0.29) is 0 Å². The van der Waals surface area contributed by atoms with Crippen LogP contribution < -0.4 is 0 Å². The van der Waals surface area contributed by atoms with Crippen LogP contribution in [0.3, 0.4) is 0 Å². The molecule has 1 aromatic heterocycles. The average molecular weight is 299 g/mol. The number of nitrogens with zero attached hydrogens (tertiary/aromatic N) is 2. The van der Waals surface area contributed by atoms with E-state index in [1.54, 1.807) is 18.2 Å². The topological polar surface area (TPSA) is 30.4 Å². The van der Waals surface area contributed by atoms with Gasteiger partial charge in [-0.2, -0.15) is 0 Å². The maximum atomic E-state index is 6.97. The summed E-state index contributed by atoms with van der Waals surface area (Å²) in [6.45, 7) is 6.97. The van der Waals surface area contributed by atoms with Gasteiger partial charge >= 0.3 is 0 Å². The Bertz CT molecular complexity index is 754. The van der Waals surface area contributed by atoms with Crippen LogP contribution in [0.15, 0.2) is 51.4 Å². The molecule has 0 saturated carbocycles. The van der Waals surface area contributed by atoms with Crippen LogP contribution >= 0.6 is 15.9 Å². The Hall–Kier alpha value is -2.12. The lowest BCUT2D eigenvalue weighted by atomic mass is 10.2. The van der Waals surface area contributed by atoms with E-state index in [1.165, 1.54) is 0 Å². The van der Waals surface area contributed by atoms with Gasteiger partial charge in [0, 0.05) is 10.0 Å². The van der Waals surface area contributed by atoms with Crippen LogP contribution in [0.4, 0.5) is 5.69 Å². The van der Waals surface area contributed by atoms with Gasteiger partial charge in [-0.05, 0) is 36.4 Å². The number of benzene rings is 2. The van der Waals surface area contributed by atoms with Crippen LogP contribution in [0, 0.1) is 6.57 Å². The Balaban J connectivity index is 2.13. The van der Waals surface area contributed by atoms with Gasteiger partial charge in [-0.3, -0.25) is 0 Å².